The minimum atomic E-state index is -1.19. The first-order valence-corrected chi connectivity index (χ1v) is 8.11. The van der Waals surface area contributed by atoms with Crippen LogP contribution in [0, 0.1) is 10.1 Å². The molecule has 1 aromatic rings. The third-order valence-electron chi connectivity index (χ3n) is 1.73. The zero-order valence-electron chi connectivity index (χ0n) is 8.22. The average molecular weight is 575 g/mol. The summed E-state index contributed by atoms with van der Waals surface area (Å²) in [4.78, 5) is 22.1. The van der Waals surface area contributed by atoms with Crippen molar-refractivity contribution < 1.29 is 9.72 Å². The fourth-order valence-corrected chi connectivity index (χ4v) is 2.61. The highest BCUT2D eigenvalue weighted by molar-refractivity contribution is 9.40. The molecule has 1 aromatic carbocycles. The molecule has 0 atom stereocenters. The summed E-state index contributed by atoms with van der Waals surface area (Å²) in [6, 6.07) is 2.90. The molecule has 1 rings (SSSR count). The number of hydrogen-bond donors (Lipinski definition) is 1. The first kappa shape index (κ1) is 16.5. The van der Waals surface area contributed by atoms with Crippen LogP contribution in [0.1, 0.15) is 0 Å². The second-order valence-electron chi connectivity index (χ2n) is 2.99. The van der Waals surface area contributed by atoms with Crippen LogP contribution in [0.15, 0.2) is 21.1 Å². The van der Waals surface area contributed by atoms with E-state index in [0.717, 1.165) is 0 Å². The van der Waals surface area contributed by atoms with E-state index in [1.165, 1.54) is 6.07 Å². The van der Waals surface area contributed by atoms with Crippen molar-refractivity contribution in [2.45, 2.75) is 2.14 Å². The Morgan fingerprint density at radius 2 is 1.83 bits per heavy atom. The normalized spacial score (nSPS) is 11.2. The molecule has 0 aliphatic heterocycles. The van der Waals surface area contributed by atoms with Gasteiger partial charge in [0.15, 0.2) is 0 Å². The maximum Gasteiger partial charge on any atom is 0.295 e. The van der Waals surface area contributed by atoms with Crippen LogP contribution in [0.25, 0.3) is 0 Å². The number of nitro benzene ring substituents is 1. The van der Waals surface area contributed by atoms with Gasteiger partial charge in [-0.25, -0.2) is 0 Å². The maximum atomic E-state index is 11.7. The number of alkyl halides is 3. The van der Waals surface area contributed by atoms with E-state index in [4.69, 9.17) is 0 Å². The number of nitrogens with zero attached hydrogens (tertiary/aromatic N) is 1. The first-order valence-electron chi connectivity index (χ1n) is 4.14. The number of carbonyl (C=O) groups is 1. The van der Waals surface area contributed by atoms with Crippen LogP contribution in [0.2, 0.25) is 0 Å². The first-order chi connectivity index (χ1) is 8.12. The molecule has 0 aliphatic carbocycles. The summed E-state index contributed by atoms with van der Waals surface area (Å²) in [6.45, 7) is 0. The molecule has 0 aliphatic rings. The van der Waals surface area contributed by atoms with Crippen LogP contribution in [0.3, 0.4) is 0 Å². The second kappa shape index (κ2) is 6.29. The summed E-state index contributed by atoms with van der Waals surface area (Å²) in [5.74, 6) is -0.534. The molecule has 0 heterocycles. The SMILES string of the molecule is O=C(Nc1c(Br)cc(Br)cc1[N+](=O)[O-])C(Br)(Br)Br. The Morgan fingerprint density at radius 3 is 2.28 bits per heavy atom. The zero-order chi connectivity index (χ0) is 14.1. The molecule has 1 N–H and O–H groups in total. The van der Waals surface area contributed by atoms with Crippen LogP contribution >= 0.6 is 79.6 Å². The van der Waals surface area contributed by atoms with E-state index in [0.29, 0.717) is 8.95 Å². The number of rotatable bonds is 2. The zero-order valence-corrected chi connectivity index (χ0v) is 16.1. The molecule has 1 amide bonds. The van der Waals surface area contributed by atoms with E-state index >= 15 is 0 Å². The van der Waals surface area contributed by atoms with Gasteiger partial charge in [0.25, 0.3) is 11.6 Å². The van der Waals surface area contributed by atoms with E-state index in [1.54, 1.807) is 6.07 Å². The second-order valence-corrected chi connectivity index (χ2v) is 11.5. The third kappa shape index (κ3) is 4.26. The summed E-state index contributed by atoms with van der Waals surface area (Å²) in [5, 5.41) is 13.4. The summed E-state index contributed by atoms with van der Waals surface area (Å²) >= 11 is 15.4. The van der Waals surface area contributed by atoms with Crippen molar-refractivity contribution in [1.82, 2.24) is 0 Å². The van der Waals surface area contributed by atoms with Crippen LogP contribution in [0.5, 0.6) is 0 Å². The number of amides is 1. The quantitative estimate of drug-likeness (QED) is 0.311. The van der Waals surface area contributed by atoms with E-state index in [-0.39, 0.29) is 11.4 Å². The van der Waals surface area contributed by atoms with Crippen LogP contribution < -0.4 is 5.32 Å². The van der Waals surface area contributed by atoms with Gasteiger partial charge in [-0.05, 0) is 69.8 Å². The van der Waals surface area contributed by atoms with E-state index < -0.39 is 13.0 Å². The van der Waals surface area contributed by atoms with Crippen molar-refractivity contribution >= 4 is 96.9 Å². The largest absolute Gasteiger partial charge is 0.317 e. The van der Waals surface area contributed by atoms with Gasteiger partial charge in [-0.1, -0.05) is 15.9 Å². The monoisotopic (exact) mass is 570 g/mol. The molecule has 10 heteroatoms. The molecule has 0 saturated carbocycles. The molecule has 0 unspecified atom stereocenters. The van der Waals surface area contributed by atoms with Gasteiger partial charge in [0.1, 0.15) is 5.69 Å². The predicted molar refractivity (Wildman–Crippen MR) is 86.6 cm³/mol. The topological polar surface area (TPSA) is 72.2 Å². The number of hydrogen-bond acceptors (Lipinski definition) is 3. The number of nitro groups is 1. The Labute approximate surface area is 144 Å². The van der Waals surface area contributed by atoms with E-state index in [1.807, 2.05) is 0 Å². The van der Waals surface area contributed by atoms with Gasteiger partial charge in [0, 0.05) is 15.0 Å². The van der Waals surface area contributed by atoms with Crippen molar-refractivity contribution in [3.05, 3.63) is 31.2 Å². The highest BCUT2D eigenvalue weighted by atomic mass is 80.0. The van der Waals surface area contributed by atoms with E-state index in [9.17, 15) is 14.9 Å². The van der Waals surface area contributed by atoms with Crippen LogP contribution in [-0.4, -0.2) is 13.0 Å². The predicted octanol–water partition coefficient (Wildman–Crippen LogP) is 4.90. The number of nitrogens with one attached hydrogen (secondary N) is 1. The molecule has 0 bridgehead atoms. The Kier molecular flexibility index (Phi) is 5.78. The van der Waals surface area contributed by atoms with Crippen molar-refractivity contribution in [3.63, 3.8) is 0 Å². The molecular weight excluding hydrogens is 572 g/mol. The molecule has 0 spiro atoms. The lowest BCUT2D eigenvalue weighted by molar-refractivity contribution is -0.384. The fourth-order valence-electron chi connectivity index (χ4n) is 1.01. The summed E-state index contributed by atoms with van der Waals surface area (Å²) in [7, 11) is 0. The van der Waals surface area contributed by atoms with Gasteiger partial charge in [-0.3, -0.25) is 14.9 Å². The van der Waals surface area contributed by atoms with Gasteiger partial charge in [-0.15, -0.1) is 0 Å². The third-order valence-corrected chi connectivity index (χ3v) is 3.89. The Hall–Kier alpha value is 0.490. The number of carbonyl (C=O) groups excluding carboxylic acids is 1. The highest BCUT2D eigenvalue weighted by Gasteiger charge is 2.31. The lowest BCUT2D eigenvalue weighted by atomic mass is 10.2. The molecular formula is C8H3Br5N2O3. The van der Waals surface area contributed by atoms with Crippen molar-refractivity contribution in [1.29, 1.82) is 0 Å². The Balaban J connectivity index is 3.24. The standard InChI is InChI=1S/C8H3Br5N2O3/c9-3-1-4(10)6(5(2-3)15(17)18)14-7(16)8(11,12)13/h1-2H,(H,14,16). The van der Waals surface area contributed by atoms with Crippen LogP contribution in [-0.2, 0) is 4.79 Å². The van der Waals surface area contributed by atoms with Crippen molar-refractivity contribution in [2.75, 3.05) is 5.32 Å². The molecule has 5 nitrogen and oxygen atoms in total. The molecule has 18 heavy (non-hydrogen) atoms. The summed E-state index contributed by atoms with van der Waals surface area (Å²) < 4.78 is -0.261. The molecule has 0 fully saturated rings. The van der Waals surface area contributed by atoms with E-state index in [2.05, 4.69) is 85.0 Å². The molecule has 0 saturated heterocycles. The molecule has 0 aromatic heterocycles. The molecule has 0 radical (unpaired) electrons. The smallest absolute Gasteiger partial charge is 0.295 e. The minimum absolute atomic E-state index is 0.0796. The lowest BCUT2D eigenvalue weighted by Gasteiger charge is -2.13. The van der Waals surface area contributed by atoms with Crippen molar-refractivity contribution in [3.8, 4) is 0 Å². The summed E-state index contributed by atoms with van der Waals surface area (Å²) in [6.07, 6.45) is 0. The van der Waals surface area contributed by atoms with Gasteiger partial charge in [0.2, 0.25) is 2.14 Å². The maximum absolute atomic E-state index is 11.7. The lowest BCUT2D eigenvalue weighted by Crippen LogP contribution is -2.26. The van der Waals surface area contributed by atoms with Crippen molar-refractivity contribution in [2.24, 2.45) is 0 Å². The van der Waals surface area contributed by atoms with Gasteiger partial charge in [0.05, 0.1) is 4.92 Å². The number of halogens is 5. The highest BCUT2D eigenvalue weighted by Crippen LogP contribution is 2.39. The van der Waals surface area contributed by atoms with Gasteiger partial charge < -0.3 is 5.32 Å². The Morgan fingerprint density at radius 1 is 1.28 bits per heavy atom. The van der Waals surface area contributed by atoms with Crippen LogP contribution in [0.4, 0.5) is 11.4 Å². The number of benzene rings is 1. The average Bonchev–Trinajstić information content (AvgIpc) is 2.19. The molecule has 98 valence electrons. The fraction of sp³-hybridized carbons (Fsp3) is 0.125. The summed E-state index contributed by atoms with van der Waals surface area (Å²) in [5.41, 5.74) is -0.141. The van der Waals surface area contributed by atoms with Gasteiger partial charge >= 0.3 is 0 Å². The van der Waals surface area contributed by atoms with Gasteiger partial charge in [-0.2, -0.15) is 0 Å². The number of anilines is 1. The minimum Gasteiger partial charge on any atom is -0.317 e. The Bertz CT molecular complexity index is 514.